The molecule has 6 aromatic rings. The van der Waals surface area contributed by atoms with Gasteiger partial charge in [-0.2, -0.15) is 14.6 Å². The molecular formula is C21H14FN7S. The van der Waals surface area contributed by atoms with E-state index in [4.69, 9.17) is 0 Å². The molecule has 6 rings (SSSR count). The zero-order chi connectivity index (χ0) is 20.2. The first-order chi connectivity index (χ1) is 14.7. The third kappa shape index (κ3) is 2.63. The Kier molecular flexibility index (Phi) is 3.59. The maximum Gasteiger partial charge on any atom is 0.176 e. The predicted octanol–water partition coefficient (Wildman–Crippen LogP) is 4.77. The van der Waals surface area contributed by atoms with Gasteiger partial charge in [0.15, 0.2) is 5.13 Å². The summed E-state index contributed by atoms with van der Waals surface area (Å²) in [4.78, 5) is 13.1. The second-order valence-electron chi connectivity index (χ2n) is 7.03. The van der Waals surface area contributed by atoms with Gasteiger partial charge < -0.3 is 4.98 Å². The van der Waals surface area contributed by atoms with Crippen molar-refractivity contribution in [2.45, 2.75) is 0 Å². The van der Waals surface area contributed by atoms with Gasteiger partial charge in [-0.1, -0.05) is 0 Å². The van der Waals surface area contributed by atoms with Crippen LogP contribution in [0.4, 0.5) is 4.39 Å². The SMILES string of the molecule is Cn1cc(-c2cc3c(-c4cc5c(-c6ccc(F)s6)cncc5[nH]4)n[nH]c3cn2)cn1. The van der Waals surface area contributed by atoms with Crippen molar-refractivity contribution < 1.29 is 4.39 Å². The second-order valence-corrected chi connectivity index (χ2v) is 8.06. The van der Waals surface area contributed by atoms with E-state index >= 15 is 0 Å². The van der Waals surface area contributed by atoms with Crippen molar-refractivity contribution in [2.24, 2.45) is 7.05 Å². The number of aromatic nitrogens is 7. The molecule has 0 aliphatic heterocycles. The van der Waals surface area contributed by atoms with Gasteiger partial charge in [0.1, 0.15) is 5.69 Å². The van der Waals surface area contributed by atoms with E-state index in [9.17, 15) is 4.39 Å². The van der Waals surface area contributed by atoms with Crippen molar-refractivity contribution >= 4 is 33.1 Å². The maximum atomic E-state index is 13.6. The van der Waals surface area contributed by atoms with Crippen LogP contribution in [0.3, 0.4) is 0 Å². The average Bonchev–Trinajstić information content (AvgIpc) is 3.52. The molecule has 146 valence electrons. The van der Waals surface area contributed by atoms with Crippen LogP contribution in [-0.4, -0.2) is 34.9 Å². The topological polar surface area (TPSA) is 88.1 Å². The van der Waals surface area contributed by atoms with Crippen LogP contribution in [0.1, 0.15) is 0 Å². The van der Waals surface area contributed by atoms with Crippen molar-refractivity contribution in [3.05, 3.63) is 60.4 Å². The molecular weight excluding hydrogens is 401 g/mol. The van der Waals surface area contributed by atoms with Crippen LogP contribution in [0.5, 0.6) is 0 Å². The Hall–Kier alpha value is -3.85. The summed E-state index contributed by atoms with van der Waals surface area (Å²) in [5.41, 5.74) is 6.01. The first-order valence-electron chi connectivity index (χ1n) is 9.22. The molecule has 0 spiro atoms. The summed E-state index contributed by atoms with van der Waals surface area (Å²) in [6.07, 6.45) is 9.02. The van der Waals surface area contributed by atoms with E-state index in [0.717, 1.165) is 66.2 Å². The lowest BCUT2D eigenvalue weighted by Crippen LogP contribution is -1.85. The molecule has 6 heterocycles. The van der Waals surface area contributed by atoms with Gasteiger partial charge in [0.2, 0.25) is 0 Å². The number of nitrogens with zero attached hydrogens (tertiary/aromatic N) is 5. The lowest BCUT2D eigenvalue weighted by atomic mass is 10.1. The van der Waals surface area contributed by atoms with Crippen LogP contribution >= 0.6 is 11.3 Å². The molecule has 9 heteroatoms. The maximum absolute atomic E-state index is 13.6. The lowest BCUT2D eigenvalue weighted by molar-refractivity contribution is 0.657. The van der Waals surface area contributed by atoms with Crippen molar-refractivity contribution in [1.29, 1.82) is 0 Å². The Morgan fingerprint density at radius 1 is 1.03 bits per heavy atom. The zero-order valence-electron chi connectivity index (χ0n) is 15.7. The summed E-state index contributed by atoms with van der Waals surface area (Å²) in [6.45, 7) is 0. The molecule has 0 bridgehead atoms. The Balaban J connectivity index is 1.52. The highest BCUT2D eigenvalue weighted by Crippen LogP contribution is 2.36. The minimum Gasteiger partial charge on any atom is -0.352 e. The largest absolute Gasteiger partial charge is 0.352 e. The van der Waals surface area contributed by atoms with Gasteiger partial charge in [-0.3, -0.25) is 19.7 Å². The van der Waals surface area contributed by atoms with Crippen molar-refractivity contribution in [2.75, 3.05) is 0 Å². The van der Waals surface area contributed by atoms with E-state index in [1.54, 1.807) is 35.5 Å². The normalized spacial score (nSPS) is 11.7. The van der Waals surface area contributed by atoms with E-state index < -0.39 is 0 Å². The van der Waals surface area contributed by atoms with Gasteiger partial charge in [-0.15, -0.1) is 11.3 Å². The van der Waals surface area contributed by atoms with E-state index in [0.29, 0.717) is 0 Å². The van der Waals surface area contributed by atoms with Crippen molar-refractivity contribution in [3.63, 3.8) is 0 Å². The molecule has 0 fully saturated rings. The first kappa shape index (κ1) is 17.0. The monoisotopic (exact) mass is 415 g/mol. The molecule has 0 radical (unpaired) electrons. The Morgan fingerprint density at radius 2 is 1.97 bits per heavy atom. The van der Waals surface area contributed by atoms with Crippen LogP contribution in [0.25, 0.3) is 54.9 Å². The molecule has 2 N–H and O–H groups in total. The highest BCUT2D eigenvalue weighted by molar-refractivity contribution is 7.14. The van der Waals surface area contributed by atoms with Gasteiger partial charge in [0.25, 0.3) is 0 Å². The predicted molar refractivity (Wildman–Crippen MR) is 114 cm³/mol. The Bertz CT molecular complexity index is 1540. The number of H-pyrrole nitrogens is 2. The second kappa shape index (κ2) is 6.33. The minimum absolute atomic E-state index is 0.216. The van der Waals surface area contributed by atoms with Crippen LogP contribution in [0, 0.1) is 5.13 Å². The number of hydrogen-bond acceptors (Lipinski definition) is 5. The number of hydrogen-bond donors (Lipinski definition) is 2. The fourth-order valence-corrected chi connectivity index (χ4v) is 4.42. The Labute approximate surface area is 173 Å². The fourth-order valence-electron chi connectivity index (χ4n) is 3.67. The van der Waals surface area contributed by atoms with Gasteiger partial charge in [-0.25, -0.2) is 0 Å². The van der Waals surface area contributed by atoms with Gasteiger partial charge in [0, 0.05) is 46.2 Å². The average molecular weight is 415 g/mol. The molecule has 30 heavy (non-hydrogen) atoms. The highest BCUT2D eigenvalue weighted by Gasteiger charge is 2.16. The molecule has 0 unspecified atom stereocenters. The fraction of sp³-hybridized carbons (Fsp3) is 0.0476. The molecule has 0 saturated heterocycles. The number of thiophene rings is 1. The number of aryl methyl sites for hydroxylation is 1. The lowest BCUT2D eigenvalue weighted by Gasteiger charge is -1.98. The van der Waals surface area contributed by atoms with Gasteiger partial charge in [0.05, 0.1) is 41.0 Å². The summed E-state index contributed by atoms with van der Waals surface area (Å²) in [5.74, 6) is 0. The molecule has 0 saturated carbocycles. The number of halogens is 1. The molecule has 0 amide bonds. The number of pyridine rings is 2. The summed E-state index contributed by atoms with van der Waals surface area (Å²) >= 11 is 1.11. The highest BCUT2D eigenvalue weighted by atomic mass is 32.1. The molecule has 0 aromatic carbocycles. The summed E-state index contributed by atoms with van der Waals surface area (Å²) in [5, 5.41) is 13.5. The van der Waals surface area contributed by atoms with Gasteiger partial charge >= 0.3 is 0 Å². The van der Waals surface area contributed by atoms with E-state index in [1.165, 1.54) is 6.07 Å². The number of nitrogens with one attached hydrogen (secondary N) is 2. The summed E-state index contributed by atoms with van der Waals surface area (Å²) in [7, 11) is 1.88. The molecule has 7 nitrogen and oxygen atoms in total. The van der Waals surface area contributed by atoms with Crippen LogP contribution in [-0.2, 0) is 7.05 Å². The Morgan fingerprint density at radius 3 is 2.77 bits per heavy atom. The number of fused-ring (bicyclic) bond motifs is 2. The van der Waals surface area contributed by atoms with Crippen LogP contribution in [0.15, 0.2) is 55.2 Å². The third-order valence-corrected chi connectivity index (χ3v) is 5.99. The minimum atomic E-state index is -0.216. The smallest absolute Gasteiger partial charge is 0.176 e. The zero-order valence-corrected chi connectivity index (χ0v) is 16.5. The quantitative estimate of drug-likeness (QED) is 0.436. The number of aromatic amines is 2. The number of rotatable bonds is 3. The van der Waals surface area contributed by atoms with Crippen LogP contribution in [0.2, 0.25) is 0 Å². The first-order valence-corrected chi connectivity index (χ1v) is 10.0. The summed E-state index contributed by atoms with van der Waals surface area (Å²) in [6, 6.07) is 7.29. The van der Waals surface area contributed by atoms with E-state index in [2.05, 4.69) is 30.2 Å². The van der Waals surface area contributed by atoms with Crippen molar-refractivity contribution in [3.8, 4) is 33.1 Å². The van der Waals surface area contributed by atoms with Crippen LogP contribution < -0.4 is 0 Å². The molecule has 6 aromatic heterocycles. The third-order valence-electron chi connectivity index (χ3n) is 5.09. The van der Waals surface area contributed by atoms with E-state index in [1.807, 2.05) is 25.4 Å². The van der Waals surface area contributed by atoms with Gasteiger partial charge in [-0.05, 0) is 24.3 Å². The molecule has 0 aliphatic rings. The van der Waals surface area contributed by atoms with E-state index in [-0.39, 0.29) is 5.13 Å². The summed E-state index contributed by atoms with van der Waals surface area (Å²) < 4.78 is 15.3. The molecule has 0 atom stereocenters. The standard InChI is InChI=1S/C21H14FN7S/c1-29-10-11(6-25-29)15-5-13-18(9-24-15)27-28-21(13)16-4-12-14(7-23-8-17(12)26-16)19-2-3-20(22)30-19/h2-10,26H,1H3,(H,27,28). The molecule has 0 aliphatic carbocycles. The van der Waals surface area contributed by atoms with Crippen molar-refractivity contribution in [1.82, 2.24) is 34.9 Å².